The Balaban J connectivity index is 2.25. The summed E-state index contributed by atoms with van der Waals surface area (Å²) in [7, 11) is 0. The molecule has 1 rings (SSSR count). The minimum atomic E-state index is -0.196. The Morgan fingerprint density at radius 2 is 2.11 bits per heavy atom. The molecular formula is C16H23ClN2. The van der Waals surface area contributed by atoms with Crippen LogP contribution in [0.3, 0.4) is 0 Å². The molecule has 0 saturated heterocycles. The van der Waals surface area contributed by atoms with Crippen LogP contribution in [0, 0.1) is 16.7 Å². The van der Waals surface area contributed by atoms with E-state index in [1.54, 1.807) is 0 Å². The maximum absolute atomic E-state index is 8.94. The van der Waals surface area contributed by atoms with Crippen molar-refractivity contribution in [3.63, 3.8) is 0 Å². The molecule has 0 spiro atoms. The first-order chi connectivity index (χ1) is 8.94. The summed E-state index contributed by atoms with van der Waals surface area (Å²) < 4.78 is 0. The zero-order valence-corrected chi connectivity index (χ0v) is 12.8. The van der Waals surface area contributed by atoms with Gasteiger partial charge in [-0.2, -0.15) is 5.26 Å². The Hall–Kier alpha value is -1.04. The molecule has 0 aliphatic rings. The summed E-state index contributed by atoms with van der Waals surface area (Å²) in [5.41, 5.74) is 1.02. The lowest BCUT2D eigenvalue weighted by molar-refractivity contribution is 0.418. The molecule has 0 saturated carbocycles. The molecule has 1 aromatic carbocycles. The van der Waals surface area contributed by atoms with E-state index in [1.165, 1.54) is 5.56 Å². The van der Waals surface area contributed by atoms with E-state index < -0.39 is 0 Å². The minimum Gasteiger partial charge on any atom is -0.310 e. The summed E-state index contributed by atoms with van der Waals surface area (Å²) in [6.45, 7) is 7.10. The fourth-order valence-electron chi connectivity index (χ4n) is 1.96. The van der Waals surface area contributed by atoms with Crippen molar-refractivity contribution in [1.82, 2.24) is 5.32 Å². The number of nitrogens with zero attached hydrogens (tertiary/aromatic N) is 1. The zero-order chi connectivity index (χ0) is 14.3. The topological polar surface area (TPSA) is 35.8 Å². The molecule has 0 radical (unpaired) electrons. The van der Waals surface area contributed by atoms with Crippen LogP contribution in [0.25, 0.3) is 0 Å². The van der Waals surface area contributed by atoms with E-state index >= 15 is 0 Å². The second-order valence-electron chi connectivity index (χ2n) is 5.68. The molecule has 0 amide bonds. The quantitative estimate of drug-likeness (QED) is 0.733. The molecule has 2 nitrogen and oxygen atoms in total. The van der Waals surface area contributed by atoms with Crippen LogP contribution in [0.15, 0.2) is 24.3 Å². The Morgan fingerprint density at radius 3 is 2.74 bits per heavy atom. The third-order valence-corrected chi connectivity index (χ3v) is 3.57. The van der Waals surface area contributed by atoms with Gasteiger partial charge in [0, 0.05) is 11.1 Å². The predicted molar refractivity (Wildman–Crippen MR) is 81.1 cm³/mol. The van der Waals surface area contributed by atoms with Crippen LogP contribution in [-0.2, 0) is 0 Å². The number of nitriles is 1. The zero-order valence-electron chi connectivity index (χ0n) is 12.0. The molecule has 0 heterocycles. The van der Waals surface area contributed by atoms with Crippen LogP contribution in [0.2, 0.25) is 5.02 Å². The number of rotatable bonds is 7. The van der Waals surface area contributed by atoms with Crippen molar-refractivity contribution in [2.45, 2.75) is 46.1 Å². The van der Waals surface area contributed by atoms with Gasteiger partial charge in [-0.25, -0.2) is 0 Å². The van der Waals surface area contributed by atoms with Crippen molar-refractivity contribution in [2.24, 2.45) is 5.41 Å². The predicted octanol–water partition coefficient (Wildman–Crippen LogP) is 4.71. The van der Waals surface area contributed by atoms with Gasteiger partial charge in [-0.15, -0.1) is 0 Å². The largest absolute Gasteiger partial charge is 0.310 e. The maximum atomic E-state index is 8.94. The molecule has 3 heteroatoms. The van der Waals surface area contributed by atoms with E-state index in [1.807, 2.05) is 32.0 Å². The summed E-state index contributed by atoms with van der Waals surface area (Å²) in [4.78, 5) is 0. The molecule has 1 atom stereocenters. The van der Waals surface area contributed by atoms with Gasteiger partial charge in [0.1, 0.15) is 0 Å². The number of hydrogen-bond acceptors (Lipinski definition) is 2. The number of hydrogen-bond donors (Lipinski definition) is 1. The first kappa shape index (κ1) is 16.0. The van der Waals surface area contributed by atoms with Crippen LogP contribution in [0.5, 0.6) is 0 Å². The van der Waals surface area contributed by atoms with Gasteiger partial charge in [0.15, 0.2) is 0 Å². The summed E-state index contributed by atoms with van der Waals surface area (Å²) in [5.74, 6) is 0. The molecule has 0 aliphatic carbocycles. The van der Waals surface area contributed by atoms with Crippen molar-refractivity contribution in [3.8, 4) is 6.07 Å². The van der Waals surface area contributed by atoms with Crippen LogP contribution in [0.1, 0.15) is 51.6 Å². The van der Waals surface area contributed by atoms with Crippen LogP contribution >= 0.6 is 11.6 Å². The van der Waals surface area contributed by atoms with Crippen LogP contribution < -0.4 is 5.32 Å². The van der Waals surface area contributed by atoms with Gasteiger partial charge >= 0.3 is 0 Å². The van der Waals surface area contributed by atoms with Gasteiger partial charge in [0.25, 0.3) is 0 Å². The molecule has 0 aromatic heterocycles. The first-order valence-corrected chi connectivity index (χ1v) is 7.22. The standard InChI is InChI=1S/C16H23ClN2/c1-13(14-7-6-8-15(17)11-14)19-10-5-4-9-16(2,3)12-18/h6-8,11,13,19H,4-5,9-10H2,1-3H3/t13-/m0/s1. The molecule has 19 heavy (non-hydrogen) atoms. The van der Waals surface area contributed by atoms with Gasteiger partial charge in [0.05, 0.1) is 11.5 Å². The van der Waals surface area contributed by atoms with Gasteiger partial charge in [-0.1, -0.05) is 30.2 Å². The van der Waals surface area contributed by atoms with Crippen molar-refractivity contribution in [1.29, 1.82) is 5.26 Å². The number of halogens is 1. The third-order valence-electron chi connectivity index (χ3n) is 3.33. The Bertz CT molecular complexity index is 435. The molecule has 1 N–H and O–H groups in total. The van der Waals surface area contributed by atoms with E-state index in [9.17, 15) is 0 Å². The second-order valence-corrected chi connectivity index (χ2v) is 6.12. The molecule has 1 aromatic rings. The van der Waals surface area contributed by atoms with Crippen molar-refractivity contribution in [3.05, 3.63) is 34.9 Å². The SMILES string of the molecule is C[C@H](NCCCCC(C)(C)C#N)c1cccc(Cl)c1. The van der Waals surface area contributed by atoms with Crippen LogP contribution in [0.4, 0.5) is 0 Å². The first-order valence-electron chi connectivity index (χ1n) is 6.85. The molecule has 0 fully saturated rings. The minimum absolute atomic E-state index is 0.196. The van der Waals surface area contributed by atoms with E-state index in [4.69, 9.17) is 16.9 Å². The Morgan fingerprint density at radius 1 is 1.37 bits per heavy atom. The van der Waals surface area contributed by atoms with Crippen molar-refractivity contribution < 1.29 is 0 Å². The summed E-state index contributed by atoms with van der Waals surface area (Å²) in [6, 6.07) is 10.6. The second kappa shape index (κ2) is 7.53. The highest BCUT2D eigenvalue weighted by atomic mass is 35.5. The molecular weight excluding hydrogens is 256 g/mol. The lowest BCUT2D eigenvalue weighted by Gasteiger charge is -2.16. The fraction of sp³-hybridized carbons (Fsp3) is 0.562. The number of unbranched alkanes of at least 4 members (excludes halogenated alkanes) is 1. The highest BCUT2D eigenvalue weighted by Crippen LogP contribution is 2.21. The highest BCUT2D eigenvalue weighted by Gasteiger charge is 2.15. The monoisotopic (exact) mass is 278 g/mol. The summed E-state index contributed by atoms with van der Waals surface area (Å²) >= 11 is 5.98. The summed E-state index contributed by atoms with van der Waals surface area (Å²) in [5, 5.41) is 13.2. The highest BCUT2D eigenvalue weighted by molar-refractivity contribution is 6.30. The smallest absolute Gasteiger partial charge is 0.0683 e. The molecule has 0 unspecified atom stereocenters. The summed E-state index contributed by atoms with van der Waals surface area (Å²) in [6.07, 6.45) is 3.13. The van der Waals surface area contributed by atoms with Crippen molar-refractivity contribution in [2.75, 3.05) is 6.54 Å². The Labute approximate surface area is 121 Å². The van der Waals surface area contributed by atoms with E-state index in [0.29, 0.717) is 6.04 Å². The average molecular weight is 279 g/mol. The van der Waals surface area contributed by atoms with E-state index in [2.05, 4.69) is 24.4 Å². The number of nitrogens with one attached hydrogen (secondary N) is 1. The molecule has 104 valence electrons. The van der Waals surface area contributed by atoms with Gasteiger partial charge in [0.2, 0.25) is 0 Å². The molecule has 0 bridgehead atoms. The lowest BCUT2D eigenvalue weighted by Crippen LogP contribution is -2.20. The van der Waals surface area contributed by atoms with E-state index in [0.717, 1.165) is 30.8 Å². The van der Waals surface area contributed by atoms with Crippen LogP contribution in [-0.4, -0.2) is 6.54 Å². The van der Waals surface area contributed by atoms with E-state index in [-0.39, 0.29) is 5.41 Å². The number of benzene rings is 1. The van der Waals surface area contributed by atoms with Crippen molar-refractivity contribution >= 4 is 11.6 Å². The maximum Gasteiger partial charge on any atom is 0.0683 e. The molecule has 0 aliphatic heterocycles. The lowest BCUT2D eigenvalue weighted by atomic mass is 9.89. The normalized spacial score (nSPS) is 13.0. The fourth-order valence-corrected chi connectivity index (χ4v) is 2.16. The third kappa shape index (κ3) is 6.09. The van der Waals surface area contributed by atoms with Gasteiger partial charge in [-0.3, -0.25) is 0 Å². The average Bonchev–Trinajstić information content (AvgIpc) is 2.38. The van der Waals surface area contributed by atoms with Gasteiger partial charge in [-0.05, 0) is 57.9 Å². The Kier molecular flexibility index (Phi) is 6.34. The van der Waals surface area contributed by atoms with Gasteiger partial charge < -0.3 is 5.32 Å².